The van der Waals surface area contributed by atoms with Gasteiger partial charge in [0.05, 0.1) is 6.26 Å². The van der Waals surface area contributed by atoms with Crippen LogP contribution >= 0.6 is 0 Å². The Kier molecular flexibility index (Phi) is 2.73. The molecule has 0 fully saturated rings. The van der Waals surface area contributed by atoms with Gasteiger partial charge in [-0.3, -0.25) is 0 Å². The summed E-state index contributed by atoms with van der Waals surface area (Å²) in [4.78, 5) is 0. The summed E-state index contributed by atoms with van der Waals surface area (Å²) in [5.41, 5.74) is 4.23. The fourth-order valence-corrected chi connectivity index (χ4v) is 2.07. The minimum atomic E-state index is 0.396. The van der Waals surface area contributed by atoms with Crippen LogP contribution in [0.2, 0.25) is 0 Å². The first-order valence-electron chi connectivity index (χ1n) is 5.40. The van der Waals surface area contributed by atoms with E-state index < -0.39 is 0 Å². The second kappa shape index (κ2) is 4.05. The van der Waals surface area contributed by atoms with Crippen LogP contribution in [0, 0.1) is 20.8 Å². The molecule has 2 heteroatoms. The SMILES string of the molecule is Cc1cc(C)c(Cc2ccco2)c(C)c1O. The molecule has 2 rings (SSSR count). The summed E-state index contributed by atoms with van der Waals surface area (Å²) in [5, 5.41) is 9.91. The van der Waals surface area contributed by atoms with Crippen molar-refractivity contribution < 1.29 is 9.52 Å². The zero-order valence-corrected chi connectivity index (χ0v) is 9.87. The number of rotatable bonds is 2. The molecule has 0 bridgehead atoms. The van der Waals surface area contributed by atoms with Crippen LogP contribution in [0.5, 0.6) is 5.75 Å². The second-order valence-electron chi connectivity index (χ2n) is 4.22. The predicted molar refractivity (Wildman–Crippen MR) is 63.8 cm³/mol. The number of hydrogen-bond donors (Lipinski definition) is 1. The number of furan rings is 1. The molecule has 1 aromatic carbocycles. The monoisotopic (exact) mass is 216 g/mol. The molecule has 0 spiro atoms. The fourth-order valence-electron chi connectivity index (χ4n) is 2.07. The van der Waals surface area contributed by atoms with Crippen LogP contribution in [-0.2, 0) is 6.42 Å². The molecular weight excluding hydrogens is 200 g/mol. The van der Waals surface area contributed by atoms with Gasteiger partial charge in [-0.2, -0.15) is 0 Å². The summed E-state index contributed by atoms with van der Waals surface area (Å²) >= 11 is 0. The first-order chi connectivity index (χ1) is 7.59. The van der Waals surface area contributed by atoms with Crippen molar-refractivity contribution in [2.75, 3.05) is 0 Å². The summed E-state index contributed by atoms with van der Waals surface area (Å²) in [5.74, 6) is 1.32. The highest BCUT2D eigenvalue weighted by atomic mass is 16.3. The van der Waals surface area contributed by atoms with Gasteiger partial charge in [0.1, 0.15) is 11.5 Å². The Hall–Kier alpha value is -1.70. The lowest BCUT2D eigenvalue weighted by Gasteiger charge is -2.12. The summed E-state index contributed by atoms with van der Waals surface area (Å²) in [7, 11) is 0. The summed E-state index contributed by atoms with van der Waals surface area (Å²) in [6.45, 7) is 5.94. The molecule has 0 amide bonds. The zero-order valence-electron chi connectivity index (χ0n) is 9.87. The molecule has 0 saturated heterocycles. The molecule has 1 N–H and O–H groups in total. The number of phenols is 1. The van der Waals surface area contributed by atoms with Crippen LogP contribution in [0.3, 0.4) is 0 Å². The van der Waals surface area contributed by atoms with Crippen molar-refractivity contribution in [3.63, 3.8) is 0 Å². The van der Waals surface area contributed by atoms with Crippen LogP contribution in [0.4, 0.5) is 0 Å². The number of hydrogen-bond acceptors (Lipinski definition) is 2. The second-order valence-corrected chi connectivity index (χ2v) is 4.22. The Morgan fingerprint density at radius 2 is 1.94 bits per heavy atom. The third kappa shape index (κ3) is 1.83. The van der Waals surface area contributed by atoms with E-state index in [0.29, 0.717) is 5.75 Å². The van der Waals surface area contributed by atoms with Gasteiger partial charge in [-0.1, -0.05) is 6.07 Å². The first-order valence-corrected chi connectivity index (χ1v) is 5.40. The Bertz CT molecular complexity index is 496. The van der Waals surface area contributed by atoms with Crippen molar-refractivity contribution in [1.29, 1.82) is 0 Å². The van der Waals surface area contributed by atoms with Crippen molar-refractivity contribution in [3.8, 4) is 5.75 Å². The normalized spacial score (nSPS) is 10.7. The lowest BCUT2D eigenvalue weighted by atomic mass is 9.95. The van der Waals surface area contributed by atoms with E-state index in [1.807, 2.05) is 32.0 Å². The van der Waals surface area contributed by atoms with E-state index in [4.69, 9.17) is 4.42 Å². The third-order valence-electron chi connectivity index (χ3n) is 3.02. The Morgan fingerprint density at radius 3 is 2.56 bits per heavy atom. The van der Waals surface area contributed by atoms with Crippen molar-refractivity contribution in [2.45, 2.75) is 27.2 Å². The lowest BCUT2D eigenvalue weighted by Crippen LogP contribution is -1.96. The fraction of sp³-hybridized carbons (Fsp3) is 0.286. The highest BCUT2D eigenvalue weighted by Crippen LogP contribution is 2.29. The molecule has 0 atom stereocenters. The van der Waals surface area contributed by atoms with Gasteiger partial charge in [-0.25, -0.2) is 0 Å². The molecule has 2 aromatic rings. The van der Waals surface area contributed by atoms with Crippen LogP contribution in [0.15, 0.2) is 28.9 Å². The summed E-state index contributed by atoms with van der Waals surface area (Å²) in [6, 6.07) is 5.85. The molecule has 0 radical (unpaired) electrons. The maximum Gasteiger partial charge on any atom is 0.121 e. The highest BCUT2D eigenvalue weighted by molar-refractivity contribution is 5.49. The van der Waals surface area contributed by atoms with Gasteiger partial charge in [-0.05, 0) is 55.2 Å². The summed E-state index contributed by atoms with van der Waals surface area (Å²) < 4.78 is 5.34. The van der Waals surface area contributed by atoms with E-state index in [9.17, 15) is 5.11 Å². The van der Waals surface area contributed by atoms with Crippen LogP contribution < -0.4 is 0 Å². The van der Waals surface area contributed by atoms with Gasteiger partial charge >= 0.3 is 0 Å². The van der Waals surface area contributed by atoms with Crippen molar-refractivity contribution in [1.82, 2.24) is 0 Å². The molecule has 0 aliphatic carbocycles. The number of aromatic hydroxyl groups is 1. The van der Waals surface area contributed by atoms with Crippen LogP contribution in [0.25, 0.3) is 0 Å². The van der Waals surface area contributed by atoms with Gasteiger partial charge in [0, 0.05) is 6.42 Å². The number of phenolic OH excluding ortho intramolecular Hbond substituents is 1. The highest BCUT2D eigenvalue weighted by Gasteiger charge is 2.11. The van der Waals surface area contributed by atoms with E-state index in [-0.39, 0.29) is 0 Å². The Labute approximate surface area is 95.5 Å². The van der Waals surface area contributed by atoms with Gasteiger partial charge in [0.15, 0.2) is 0 Å². The van der Waals surface area contributed by atoms with Gasteiger partial charge in [-0.15, -0.1) is 0 Å². The molecule has 0 saturated carbocycles. The topological polar surface area (TPSA) is 33.4 Å². The minimum absolute atomic E-state index is 0.396. The predicted octanol–water partition coefficient (Wildman–Crippen LogP) is 3.50. The number of benzene rings is 1. The van der Waals surface area contributed by atoms with Gasteiger partial charge in [0.2, 0.25) is 0 Å². The van der Waals surface area contributed by atoms with E-state index in [1.165, 1.54) is 5.56 Å². The average molecular weight is 216 g/mol. The molecule has 0 aliphatic heterocycles. The maximum absolute atomic E-state index is 9.91. The first kappa shape index (κ1) is 10.8. The Morgan fingerprint density at radius 1 is 1.19 bits per heavy atom. The number of aryl methyl sites for hydroxylation is 2. The van der Waals surface area contributed by atoms with Gasteiger partial charge in [0.25, 0.3) is 0 Å². The maximum atomic E-state index is 9.91. The Balaban J connectivity index is 2.45. The molecule has 16 heavy (non-hydrogen) atoms. The van der Waals surface area contributed by atoms with E-state index in [1.54, 1.807) is 6.26 Å². The molecule has 1 heterocycles. The minimum Gasteiger partial charge on any atom is -0.507 e. The largest absolute Gasteiger partial charge is 0.507 e. The smallest absolute Gasteiger partial charge is 0.121 e. The average Bonchev–Trinajstić information content (AvgIpc) is 2.74. The standard InChI is InChI=1S/C14H16O2/c1-9-7-10(2)14(15)11(3)13(9)8-12-5-4-6-16-12/h4-7,15H,8H2,1-3H3. The zero-order chi connectivity index (χ0) is 11.7. The molecule has 84 valence electrons. The molecule has 2 nitrogen and oxygen atoms in total. The van der Waals surface area contributed by atoms with E-state index >= 15 is 0 Å². The van der Waals surface area contributed by atoms with Crippen LogP contribution in [0.1, 0.15) is 28.0 Å². The lowest BCUT2D eigenvalue weighted by molar-refractivity contribution is 0.465. The van der Waals surface area contributed by atoms with Crippen molar-refractivity contribution >= 4 is 0 Å². The van der Waals surface area contributed by atoms with E-state index in [0.717, 1.165) is 28.9 Å². The van der Waals surface area contributed by atoms with E-state index in [2.05, 4.69) is 6.92 Å². The molecule has 0 unspecified atom stereocenters. The van der Waals surface area contributed by atoms with Crippen molar-refractivity contribution in [2.24, 2.45) is 0 Å². The third-order valence-corrected chi connectivity index (χ3v) is 3.02. The van der Waals surface area contributed by atoms with Crippen LogP contribution in [-0.4, -0.2) is 5.11 Å². The molecular formula is C14H16O2. The summed E-state index contributed by atoms with van der Waals surface area (Å²) in [6.07, 6.45) is 2.41. The molecule has 0 aliphatic rings. The van der Waals surface area contributed by atoms with Gasteiger partial charge < -0.3 is 9.52 Å². The molecule has 1 aromatic heterocycles. The quantitative estimate of drug-likeness (QED) is 0.833. The van der Waals surface area contributed by atoms with Crippen molar-refractivity contribution in [3.05, 3.63) is 52.5 Å².